The molecule has 9 heteroatoms. The van der Waals surface area contributed by atoms with Crippen molar-refractivity contribution < 1.29 is 14.3 Å². The van der Waals surface area contributed by atoms with Gasteiger partial charge in [-0.3, -0.25) is 9.69 Å². The summed E-state index contributed by atoms with van der Waals surface area (Å²) in [7, 11) is 0. The number of benzene rings is 4. The summed E-state index contributed by atoms with van der Waals surface area (Å²) in [4.78, 5) is 20.1. The van der Waals surface area contributed by atoms with E-state index in [4.69, 9.17) is 14.6 Å². The Morgan fingerprint density at radius 3 is 2.13 bits per heavy atom. The maximum atomic E-state index is 13.1. The lowest BCUT2D eigenvalue weighted by atomic mass is 10.1. The van der Waals surface area contributed by atoms with Crippen molar-refractivity contribution in [3.63, 3.8) is 0 Å². The van der Waals surface area contributed by atoms with Crippen LogP contribution in [0.15, 0.2) is 103 Å². The maximum absolute atomic E-state index is 13.1. The number of aromatic nitrogens is 2. The van der Waals surface area contributed by atoms with E-state index in [1.807, 2.05) is 47.3 Å². The van der Waals surface area contributed by atoms with E-state index in [0.717, 1.165) is 85.3 Å². The highest BCUT2D eigenvalue weighted by Crippen LogP contribution is 2.43. The van der Waals surface area contributed by atoms with Crippen molar-refractivity contribution in [2.75, 3.05) is 75.5 Å². The summed E-state index contributed by atoms with van der Waals surface area (Å²) in [6, 6.07) is 33.1. The van der Waals surface area contributed by atoms with Crippen LogP contribution in [0.5, 0.6) is 0 Å². The molecule has 3 heterocycles. The van der Waals surface area contributed by atoms with Crippen LogP contribution in [-0.2, 0) is 9.47 Å². The predicted molar refractivity (Wildman–Crippen MR) is 178 cm³/mol. The first-order chi connectivity index (χ1) is 22.2. The van der Waals surface area contributed by atoms with Crippen LogP contribution in [-0.4, -0.2) is 86.3 Å². The summed E-state index contributed by atoms with van der Waals surface area (Å²) >= 11 is 0. The minimum absolute atomic E-state index is 0.0840. The molecule has 5 aromatic rings. The number of hydrogen-bond donors (Lipinski definition) is 1. The summed E-state index contributed by atoms with van der Waals surface area (Å²) in [5, 5.41) is 8.92. The van der Waals surface area contributed by atoms with Gasteiger partial charge >= 0.3 is 0 Å². The fraction of sp³-hybridized carbons (Fsp3) is 0.278. The Bertz CT molecular complexity index is 1690. The molecule has 0 bridgehead atoms. The molecule has 45 heavy (non-hydrogen) atoms. The Morgan fingerprint density at radius 2 is 1.44 bits per heavy atom. The second-order valence-electron chi connectivity index (χ2n) is 11.3. The molecule has 1 N–H and O–H groups in total. The third-order valence-electron chi connectivity index (χ3n) is 8.46. The average molecular weight is 603 g/mol. The van der Waals surface area contributed by atoms with Crippen LogP contribution in [0.3, 0.4) is 0 Å². The molecule has 1 amide bonds. The standard InChI is InChI=1S/C36H38N6O3/c43-36(37-14-15-39-16-20-44-21-17-39)28-8-7-13-32(24-28)42-33-26-34(40-18-22-45-23-19-40)35(25-29(33)27-38-42)41(30-9-3-1-4-10-30)31-11-5-2-6-12-31/h1-13,24-27H,14-23H2,(H,37,43). The lowest BCUT2D eigenvalue weighted by Gasteiger charge is -2.34. The fourth-order valence-corrected chi connectivity index (χ4v) is 6.11. The molecule has 4 aromatic carbocycles. The van der Waals surface area contributed by atoms with Crippen molar-refractivity contribution in [1.82, 2.24) is 20.0 Å². The molecule has 2 fully saturated rings. The summed E-state index contributed by atoms with van der Waals surface area (Å²) in [5.74, 6) is -0.0840. The van der Waals surface area contributed by atoms with E-state index in [-0.39, 0.29) is 5.91 Å². The van der Waals surface area contributed by atoms with Gasteiger partial charge in [0.25, 0.3) is 5.91 Å². The van der Waals surface area contributed by atoms with Crippen LogP contribution in [0.25, 0.3) is 16.6 Å². The number of nitrogens with zero attached hydrogens (tertiary/aromatic N) is 5. The van der Waals surface area contributed by atoms with E-state index in [2.05, 4.69) is 80.7 Å². The first-order valence-electron chi connectivity index (χ1n) is 15.7. The minimum atomic E-state index is -0.0840. The number of amides is 1. The second-order valence-corrected chi connectivity index (χ2v) is 11.3. The van der Waals surface area contributed by atoms with Gasteiger partial charge in [0.05, 0.1) is 55.2 Å². The SMILES string of the molecule is O=C(NCCN1CCOCC1)c1cccc(-n2ncc3cc(N(c4ccccc4)c4ccccc4)c(N4CCOCC4)cc32)c1. The van der Waals surface area contributed by atoms with Crippen molar-refractivity contribution in [3.8, 4) is 5.69 Å². The molecule has 0 aliphatic carbocycles. The number of carbonyl (C=O) groups is 1. The smallest absolute Gasteiger partial charge is 0.251 e. The maximum Gasteiger partial charge on any atom is 0.251 e. The summed E-state index contributed by atoms with van der Waals surface area (Å²) in [6.07, 6.45) is 1.91. The lowest BCUT2D eigenvalue weighted by Crippen LogP contribution is -2.41. The van der Waals surface area contributed by atoms with Gasteiger partial charge < -0.3 is 24.6 Å². The van der Waals surface area contributed by atoms with Gasteiger partial charge in [0.2, 0.25) is 0 Å². The zero-order chi connectivity index (χ0) is 30.4. The van der Waals surface area contributed by atoms with Gasteiger partial charge in [-0.25, -0.2) is 4.68 Å². The van der Waals surface area contributed by atoms with Crippen LogP contribution in [0.2, 0.25) is 0 Å². The van der Waals surface area contributed by atoms with Gasteiger partial charge in [0.1, 0.15) is 0 Å². The molecular weight excluding hydrogens is 564 g/mol. The number of carbonyl (C=O) groups excluding carboxylic acids is 1. The zero-order valence-corrected chi connectivity index (χ0v) is 25.3. The predicted octanol–water partition coefficient (Wildman–Crippen LogP) is 5.39. The summed E-state index contributed by atoms with van der Waals surface area (Å²) < 4.78 is 13.1. The summed E-state index contributed by atoms with van der Waals surface area (Å²) in [6.45, 7) is 7.66. The lowest BCUT2D eigenvalue weighted by molar-refractivity contribution is 0.0383. The molecule has 2 aliphatic rings. The van der Waals surface area contributed by atoms with E-state index >= 15 is 0 Å². The highest BCUT2D eigenvalue weighted by atomic mass is 16.5. The van der Waals surface area contributed by atoms with Crippen molar-refractivity contribution >= 4 is 39.6 Å². The Kier molecular flexibility index (Phi) is 8.72. The van der Waals surface area contributed by atoms with Gasteiger partial charge in [0, 0.05) is 61.6 Å². The Morgan fingerprint density at radius 1 is 0.778 bits per heavy atom. The molecule has 230 valence electrons. The third kappa shape index (κ3) is 6.42. The number of ether oxygens (including phenoxy) is 2. The molecule has 9 nitrogen and oxygen atoms in total. The van der Waals surface area contributed by atoms with Gasteiger partial charge in [-0.2, -0.15) is 5.10 Å². The molecular formula is C36H38N6O3. The normalized spacial score (nSPS) is 15.7. The molecule has 0 radical (unpaired) electrons. The van der Waals surface area contributed by atoms with Crippen LogP contribution in [0.1, 0.15) is 10.4 Å². The van der Waals surface area contributed by atoms with Crippen LogP contribution in [0.4, 0.5) is 22.7 Å². The average Bonchev–Trinajstić information content (AvgIpc) is 3.53. The largest absolute Gasteiger partial charge is 0.379 e. The van der Waals surface area contributed by atoms with E-state index in [0.29, 0.717) is 25.3 Å². The fourth-order valence-electron chi connectivity index (χ4n) is 6.11. The first-order valence-corrected chi connectivity index (χ1v) is 15.7. The van der Waals surface area contributed by atoms with E-state index in [1.54, 1.807) is 0 Å². The Balaban J connectivity index is 1.24. The molecule has 0 unspecified atom stereocenters. The second kappa shape index (κ2) is 13.5. The molecule has 0 spiro atoms. The Hall–Kier alpha value is -4.70. The minimum Gasteiger partial charge on any atom is -0.379 e. The molecule has 0 saturated carbocycles. The number of rotatable bonds is 9. The Labute approximate surface area is 263 Å². The number of morpholine rings is 2. The van der Waals surface area contributed by atoms with Crippen LogP contribution >= 0.6 is 0 Å². The quantitative estimate of drug-likeness (QED) is 0.242. The van der Waals surface area contributed by atoms with Gasteiger partial charge in [-0.1, -0.05) is 42.5 Å². The zero-order valence-electron chi connectivity index (χ0n) is 25.3. The highest BCUT2D eigenvalue weighted by molar-refractivity contribution is 5.97. The third-order valence-corrected chi connectivity index (χ3v) is 8.46. The number of para-hydroxylation sites is 2. The molecule has 7 rings (SSSR count). The summed E-state index contributed by atoms with van der Waals surface area (Å²) in [5.41, 5.74) is 6.78. The number of nitrogens with one attached hydrogen (secondary N) is 1. The number of fused-ring (bicyclic) bond motifs is 1. The molecule has 2 aliphatic heterocycles. The van der Waals surface area contributed by atoms with E-state index < -0.39 is 0 Å². The molecule has 1 aromatic heterocycles. The van der Waals surface area contributed by atoms with Crippen LogP contribution < -0.4 is 15.1 Å². The number of hydrogen-bond acceptors (Lipinski definition) is 7. The topological polar surface area (TPSA) is 75.1 Å². The van der Waals surface area contributed by atoms with E-state index in [1.165, 1.54) is 0 Å². The van der Waals surface area contributed by atoms with Crippen LogP contribution in [0, 0.1) is 0 Å². The van der Waals surface area contributed by atoms with Gasteiger partial charge in [-0.05, 0) is 54.6 Å². The van der Waals surface area contributed by atoms with Crippen molar-refractivity contribution in [3.05, 3.63) is 109 Å². The van der Waals surface area contributed by atoms with E-state index in [9.17, 15) is 4.79 Å². The number of anilines is 4. The monoisotopic (exact) mass is 602 g/mol. The van der Waals surface area contributed by atoms with Crippen molar-refractivity contribution in [2.24, 2.45) is 0 Å². The molecule has 0 atom stereocenters. The van der Waals surface area contributed by atoms with Crippen molar-refractivity contribution in [2.45, 2.75) is 0 Å². The highest BCUT2D eigenvalue weighted by Gasteiger charge is 2.23. The molecule has 2 saturated heterocycles. The van der Waals surface area contributed by atoms with Gasteiger partial charge in [0.15, 0.2) is 0 Å². The van der Waals surface area contributed by atoms with Gasteiger partial charge in [-0.15, -0.1) is 0 Å². The van der Waals surface area contributed by atoms with Crippen molar-refractivity contribution in [1.29, 1.82) is 0 Å². The first kappa shape index (κ1) is 29.0.